The lowest BCUT2D eigenvalue weighted by atomic mass is 9.85. The molecule has 5 nitrogen and oxygen atoms in total. The summed E-state index contributed by atoms with van der Waals surface area (Å²) >= 11 is 0. The second kappa shape index (κ2) is 5.38. The van der Waals surface area contributed by atoms with Crippen LogP contribution < -0.4 is 4.74 Å². The van der Waals surface area contributed by atoms with Crippen LogP contribution >= 0.6 is 0 Å². The summed E-state index contributed by atoms with van der Waals surface area (Å²) in [5, 5.41) is 19.7. The Morgan fingerprint density at radius 1 is 1.52 bits per heavy atom. The number of nitrogens with zero attached hydrogens (tertiary/aromatic N) is 2. The van der Waals surface area contributed by atoms with E-state index < -0.39 is 17.7 Å². The SMILES string of the molecule is CCN(C(C)=O)C1c2cc(C#N)ccc2OC(C)(C)[C@H]1O. The molecule has 1 aliphatic heterocycles. The standard InChI is InChI=1S/C16H20N2O3/c1-5-18(10(2)19)14-12-8-11(9-17)6-7-13(12)21-16(3,4)15(14)20/h6-8,14-15,20H,5H2,1-4H3/t14?,15-/m0/s1. The molecule has 1 aromatic rings. The minimum atomic E-state index is -0.872. The molecule has 2 atom stereocenters. The number of amides is 1. The number of carbonyl (C=O) groups is 1. The van der Waals surface area contributed by atoms with Crippen molar-refractivity contribution in [1.82, 2.24) is 4.90 Å². The number of hydrogen-bond acceptors (Lipinski definition) is 4. The summed E-state index contributed by atoms with van der Waals surface area (Å²) in [5.41, 5.74) is 0.348. The highest BCUT2D eigenvalue weighted by molar-refractivity contribution is 5.74. The van der Waals surface area contributed by atoms with E-state index in [4.69, 9.17) is 10.00 Å². The average molecular weight is 288 g/mol. The Morgan fingerprint density at radius 2 is 2.19 bits per heavy atom. The van der Waals surface area contributed by atoms with Gasteiger partial charge in [-0.3, -0.25) is 4.79 Å². The third-order valence-corrected chi connectivity index (χ3v) is 3.92. The number of hydrogen-bond donors (Lipinski definition) is 1. The molecule has 1 aromatic carbocycles. The quantitative estimate of drug-likeness (QED) is 0.903. The molecular weight excluding hydrogens is 268 g/mol. The zero-order valence-corrected chi connectivity index (χ0v) is 12.8. The first kappa shape index (κ1) is 15.3. The number of ether oxygens (including phenoxy) is 1. The third kappa shape index (κ3) is 2.59. The Bertz CT molecular complexity index is 604. The minimum absolute atomic E-state index is 0.118. The summed E-state index contributed by atoms with van der Waals surface area (Å²) in [6.45, 7) is 7.40. The molecule has 1 unspecified atom stereocenters. The molecule has 1 amide bonds. The van der Waals surface area contributed by atoms with E-state index in [1.165, 1.54) is 6.92 Å². The maximum absolute atomic E-state index is 11.9. The lowest BCUT2D eigenvalue weighted by Crippen LogP contribution is -2.54. The van der Waals surface area contributed by atoms with Crippen molar-refractivity contribution in [3.63, 3.8) is 0 Å². The lowest BCUT2D eigenvalue weighted by Gasteiger charge is -2.46. The van der Waals surface area contributed by atoms with Gasteiger partial charge in [0.25, 0.3) is 0 Å². The fourth-order valence-electron chi connectivity index (χ4n) is 2.79. The zero-order chi connectivity index (χ0) is 15.8. The fraction of sp³-hybridized carbons (Fsp3) is 0.500. The summed E-state index contributed by atoms with van der Waals surface area (Å²) in [6, 6.07) is 6.65. The Hall–Kier alpha value is -2.06. The number of benzene rings is 1. The number of fused-ring (bicyclic) bond motifs is 1. The van der Waals surface area contributed by atoms with Gasteiger partial charge in [0, 0.05) is 19.0 Å². The van der Waals surface area contributed by atoms with Gasteiger partial charge in [0.2, 0.25) is 5.91 Å². The van der Waals surface area contributed by atoms with Crippen LogP contribution in [-0.2, 0) is 4.79 Å². The number of nitriles is 1. The van der Waals surface area contributed by atoms with Crippen LogP contribution in [-0.4, -0.2) is 34.2 Å². The molecule has 2 rings (SSSR count). The van der Waals surface area contributed by atoms with Gasteiger partial charge in [-0.05, 0) is 39.0 Å². The molecule has 21 heavy (non-hydrogen) atoms. The van der Waals surface area contributed by atoms with Gasteiger partial charge in [0.1, 0.15) is 17.5 Å². The van der Waals surface area contributed by atoms with Crippen molar-refractivity contribution in [2.24, 2.45) is 0 Å². The summed E-state index contributed by atoms with van der Waals surface area (Å²) in [4.78, 5) is 13.5. The van der Waals surface area contributed by atoms with E-state index in [2.05, 4.69) is 6.07 Å². The zero-order valence-electron chi connectivity index (χ0n) is 12.8. The molecule has 1 aliphatic rings. The second-order valence-corrected chi connectivity index (χ2v) is 5.76. The molecule has 0 aromatic heterocycles. The van der Waals surface area contributed by atoms with Crippen LogP contribution in [0.4, 0.5) is 0 Å². The Morgan fingerprint density at radius 3 is 2.71 bits per heavy atom. The predicted octanol–water partition coefficient (Wildman–Crippen LogP) is 2.00. The molecule has 0 saturated heterocycles. The smallest absolute Gasteiger partial charge is 0.220 e. The van der Waals surface area contributed by atoms with E-state index in [-0.39, 0.29) is 5.91 Å². The number of aliphatic hydroxyl groups excluding tert-OH is 1. The number of rotatable bonds is 2. The van der Waals surface area contributed by atoms with E-state index in [9.17, 15) is 9.90 Å². The van der Waals surface area contributed by atoms with Gasteiger partial charge in [-0.25, -0.2) is 0 Å². The van der Waals surface area contributed by atoms with Crippen LogP contribution in [0.25, 0.3) is 0 Å². The molecule has 0 spiro atoms. The van der Waals surface area contributed by atoms with Gasteiger partial charge >= 0.3 is 0 Å². The van der Waals surface area contributed by atoms with E-state index in [0.717, 1.165) is 0 Å². The maximum atomic E-state index is 11.9. The van der Waals surface area contributed by atoms with Crippen molar-refractivity contribution in [1.29, 1.82) is 5.26 Å². The molecule has 0 saturated carbocycles. The topological polar surface area (TPSA) is 73.6 Å². The van der Waals surface area contributed by atoms with Gasteiger partial charge in [0.05, 0.1) is 17.7 Å². The molecule has 112 valence electrons. The van der Waals surface area contributed by atoms with Crippen LogP contribution in [0.15, 0.2) is 18.2 Å². The van der Waals surface area contributed by atoms with E-state index in [1.807, 2.05) is 6.92 Å². The van der Waals surface area contributed by atoms with Crippen molar-refractivity contribution in [2.75, 3.05) is 6.54 Å². The highest BCUT2D eigenvalue weighted by Crippen LogP contribution is 2.43. The summed E-state index contributed by atoms with van der Waals surface area (Å²) in [6.07, 6.45) is -0.872. The second-order valence-electron chi connectivity index (χ2n) is 5.76. The van der Waals surface area contributed by atoms with Gasteiger partial charge in [-0.1, -0.05) is 0 Å². The maximum Gasteiger partial charge on any atom is 0.220 e. The number of likely N-dealkylation sites (N-methyl/N-ethyl adjacent to an activating group) is 1. The summed E-state index contributed by atoms with van der Waals surface area (Å²) in [7, 11) is 0. The van der Waals surface area contributed by atoms with Crippen LogP contribution in [0.2, 0.25) is 0 Å². The van der Waals surface area contributed by atoms with Gasteiger partial charge in [0.15, 0.2) is 0 Å². The molecule has 1 N–H and O–H groups in total. The normalized spacial score (nSPS) is 22.7. The molecule has 1 heterocycles. The lowest BCUT2D eigenvalue weighted by molar-refractivity contribution is -0.142. The molecule has 5 heteroatoms. The fourth-order valence-corrected chi connectivity index (χ4v) is 2.79. The van der Waals surface area contributed by atoms with E-state index in [1.54, 1.807) is 36.9 Å². The molecule has 0 aliphatic carbocycles. The molecular formula is C16H20N2O3. The summed E-state index contributed by atoms with van der Waals surface area (Å²) in [5.74, 6) is 0.488. The van der Waals surface area contributed by atoms with Gasteiger partial charge in [-0.2, -0.15) is 5.26 Å². The largest absolute Gasteiger partial charge is 0.485 e. The number of aliphatic hydroxyl groups is 1. The van der Waals surface area contributed by atoms with Crippen molar-refractivity contribution in [2.45, 2.75) is 45.4 Å². The van der Waals surface area contributed by atoms with E-state index >= 15 is 0 Å². The van der Waals surface area contributed by atoms with Crippen molar-refractivity contribution in [3.05, 3.63) is 29.3 Å². The Kier molecular flexibility index (Phi) is 3.93. The first-order valence-electron chi connectivity index (χ1n) is 7.00. The highest BCUT2D eigenvalue weighted by Gasteiger charge is 2.45. The van der Waals surface area contributed by atoms with Crippen LogP contribution in [0, 0.1) is 11.3 Å². The highest BCUT2D eigenvalue weighted by atomic mass is 16.5. The molecule has 0 radical (unpaired) electrons. The van der Waals surface area contributed by atoms with Crippen molar-refractivity contribution in [3.8, 4) is 11.8 Å². The monoisotopic (exact) mass is 288 g/mol. The van der Waals surface area contributed by atoms with Gasteiger partial charge < -0.3 is 14.7 Å². The minimum Gasteiger partial charge on any atom is -0.485 e. The predicted molar refractivity (Wildman–Crippen MR) is 77.7 cm³/mol. The molecule has 0 fully saturated rings. The van der Waals surface area contributed by atoms with Gasteiger partial charge in [-0.15, -0.1) is 0 Å². The van der Waals surface area contributed by atoms with Crippen molar-refractivity contribution >= 4 is 5.91 Å². The summed E-state index contributed by atoms with van der Waals surface area (Å²) < 4.78 is 5.84. The average Bonchev–Trinajstić information content (AvgIpc) is 2.42. The Labute approximate surface area is 124 Å². The number of carbonyl (C=O) groups excluding carboxylic acids is 1. The first-order chi connectivity index (χ1) is 9.81. The molecule has 0 bridgehead atoms. The van der Waals surface area contributed by atoms with Crippen LogP contribution in [0.5, 0.6) is 5.75 Å². The van der Waals surface area contributed by atoms with E-state index in [0.29, 0.717) is 23.4 Å². The van der Waals surface area contributed by atoms with Crippen molar-refractivity contribution < 1.29 is 14.6 Å². The first-order valence-corrected chi connectivity index (χ1v) is 7.00. The Balaban J connectivity index is 2.61. The third-order valence-electron chi connectivity index (χ3n) is 3.92. The van der Waals surface area contributed by atoms with Crippen LogP contribution in [0.1, 0.15) is 44.9 Å². The van der Waals surface area contributed by atoms with Crippen LogP contribution in [0.3, 0.4) is 0 Å².